The first kappa shape index (κ1) is 15.3. The van der Waals surface area contributed by atoms with E-state index < -0.39 is 0 Å². The summed E-state index contributed by atoms with van der Waals surface area (Å²) in [5.41, 5.74) is 1.06. The number of hydrogen-bond acceptors (Lipinski definition) is 3. The Balaban J connectivity index is 1.91. The van der Waals surface area contributed by atoms with Crippen molar-refractivity contribution in [1.82, 2.24) is 10.6 Å². The molecule has 110 valence electrons. The monoisotopic (exact) mass is 340 g/mol. The van der Waals surface area contributed by atoms with Gasteiger partial charge >= 0.3 is 0 Å². The Morgan fingerprint density at radius 2 is 2.40 bits per heavy atom. The van der Waals surface area contributed by atoms with Gasteiger partial charge in [0.05, 0.1) is 17.6 Å². The molecule has 0 spiro atoms. The lowest BCUT2D eigenvalue weighted by molar-refractivity contribution is -0.122. The number of carbonyl (C=O) groups is 1. The van der Waals surface area contributed by atoms with Gasteiger partial charge in [-0.3, -0.25) is 4.79 Å². The number of nitrogens with one attached hydrogen (secondary N) is 2. The van der Waals surface area contributed by atoms with Crippen molar-refractivity contribution in [2.45, 2.75) is 38.3 Å². The molecule has 1 aliphatic heterocycles. The smallest absolute Gasteiger partial charge is 0.222 e. The van der Waals surface area contributed by atoms with Gasteiger partial charge < -0.3 is 15.4 Å². The highest BCUT2D eigenvalue weighted by molar-refractivity contribution is 9.10. The van der Waals surface area contributed by atoms with Gasteiger partial charge in [-0.25, -0.2) is 0 Å². The zero-order valence-corrected chi connectivity index (χ0v) is 13.5. The summed E-state index contributed by atoms with van der Waals surface area (Å²) in [5, 5.41) is 6.39. The number of amides is 1. The molecule has 2 unspecified atom stereocenters. The Bertz CT molecular complexity index is 473. The van der Waals surface area contributed by atoms with Crippen molar-refractivity contribution in [3.05, 3.63) is 28.2 Å². The third-order valence-electron chi connectivity index (χ3n) is 3.65. The minimum atomic E-state index is -0.00823. The van der Waals surface area contributed by atoms with E-state index in [1.165, 1.54) is 6.42 Å². The van der Waals surface area contributed by atoms with Crippen molar-refractivity contribution in [2.24, 2.45) is 0 Å². The second-order valence-electron chi connectivity index (χ2n) is 5.18. The minimum absolute atomic E-state index is 0.00823. The van der Waals surface area contributed by atoms with E-state index in [-0.39, 0.29) is 11.9 Å². The Labute approximate surface area is 128 Å². The van der Waals surface area contributed by atoms with E-state index in [9.17, 15) is 4.79 Å². The molecule has 1 amide bonds. The van der Waals surface area contributed by atoms with Crippen LogP contribution in [0.25, 0.3) is 0 Å². The molecule has 1 saturated heterocycles. The van der Waals surface area contributed by atoms with E-state index in [1.54, 1.807) is 7.11 Å². The number of halogens is 1. The fraction of sp³-hybridized carbons (Fsp3) is 0.533. The fourth-order valence-electron chi connectivity index (χ4n) is 2.49. The van der Waals surface area contributed by atoms with Crippen molar-refractivity contribution in [2.75, 3.05) is 13.7 Å². The minimum Gasteiger partial charge on any atom is -0.496 e. The summed E-state index contributed by atoms with van der Waals surface area (Å²) >= 11 is 3.47. The van der Waals surface area contributed by atoms with Crippen LogP contribution in [-0.2, 0) is 4.79 Å². The maximum absolute atomic E-state index is 12.0. The standard InChI is InChI=1S/C15H21BrN2O2/c1-10(11-5-6-14(20-2)13(16)8-11)18-15(19)9-12-4-3-7-17-12/h5-6,8,10,12,17H,3-4,7,9H2,1-2H3,(H,18,19). The quantitative estimate of drug-likeness (QED) is 0.866. The zero-order valence-electron chi connectivity index (χ0n) is 11.9. The predicted molar refractivity (Wildman–Crippen MR) is 82.9 cm³/mol. The molecule has 1 aromatic carbocycles. The van der Waals surface area contributed by atoms with E-state index >= 15 is 0 Å². The lowest BCUT2D eigenvalue weighted by atomic mass is 10.1. The Morgan fingerprint density at radius 3 is 3.00 bits per heavy atom. The lowest BCUT2D eigenvalue weighted by Gasteiger charge is -2.17. The first-order valence-electron chi connectivity index (χ1n) is 6.96. The molecular weight excluding hydrogens is 320 g/mol. The van der Waals surface area contributed by atoms with E-state index in [0.29, 0.717) is 12.5 Å². The molecular formula is C15H21BrN2O2. The molecule has 1 aliphatic rings. The van der Waals surface area contributed by atoms with Gasteiger partial charge in [0.1, 0.15) is 5.75 Å². The van der Waals surface area contributed by atoms with Crippen LogP contribution in [0, 0.1) is 0 Å². The van der Waals surface area contributed by atoms with Crippen molar-refractivity contribution < 1.29 is 9.53 Å². The number of hydrogen-bond donors (Lipinski definition) is 2. The average molecular weight is 341 g/mol. The third-order valence-corrected chi connectivity index (χ3v) is 4.27. The SMILES string of the molecule is COc1ccc(C(C)NC(=O)CC2CCCN2)cc1Br. The van der Waals surface area contributed by atoms with Crippen LogP contribution in [0.3, 0.4) is 0 Å². The van der Waals surface area contributed by atoms with Gasteiger partial charge in [0.2, 0.25) is 5.91 Å². The van der Waals surface area contributed by atoms with Crippen LogP contribution in [0.4, 0.5) is 0 Å². The molecule has 4 nitrogen and oxygen atoms in total. The molecule has 2 rings (SSSR count). The zero-order chi connectivity index (χ0) is 14.5. The number of carbonyl (C=O) groups excluding carboxylic acids is 1. The van der Waals surface area contributed by atoms with Crippen LogP contribution in [0.2, 0.25) is 0 Å². The Kier molecular flexibility index (Phi) is 5.43. The second kappa shape index (κ2) is 7.09. The third kappa shape index (κ3) is 3.96. The summed E-state index contributed by atoms with van der Waals surface area (Å²) < 4.78 is 6.11. The number of rotatable bonds is 5. The summed E-state index contributed by atoms with van der Waals surface area (Å²) in [4.78, 5) is 12.0. The van der Waals surface area contributed by atoms with Crippen LogP contribution in [-0.4, -0.2) is 25.6 Å². The van der Waals surface area contributed by atoms with Crippen molar-refractivity contribution in [3.8, 4) is 5.75 Å². The van der Waals surface area contributed by atoms with Crippen LogP contribution < -0.4 is 15.4 Å². The molecule has 1 fully saturated rings. The van der Waals surface area contributed by atoms with Crippen molar-refractivity contribution >= 4 is 21.8 Å². The molecule has 2 N–H and O–H groups in total. The molecule has 5 heteroatoms. The largest absolute Gasteiger partial charge is 0.496 e. The normalized spacial score (nSPS) is 19.6. The molecule has 0 aliphatic carbocycles. The van der Waals surface area contributed by atoms with Gasteiger partial charge in [0.15, 0.2) is 0 Å². The molecule has 0 radical (unpaired) electrons. The summed E-state index contributed by atoms with van der Waals surface area (Å²) in [5.74, 6) is 0.895. The van der Waals surface area contributed by atoms with Crippen LogP contribution in [0.5, 0.6) is 5.75 Å². The number of benzene rings is 1. The topological polar surface area (TPSA) is 50.4 Å². The predicted octanol–water partition coefficient (Wildman–Crippen LogP) is 2.78. The maximum atomic E-state index is 12.0. The van der Waals surface area contributed by atoms with Gasteiger partial charge in [-0.05, 0) is 59.9 Å². The summed E-state index contributed by atoms with van der Waals surface area (Å²) in [6.07, 6.45) is 2.82. The Morgan fingerprint density at radius 1 is 1.60 bits per heavy atom. The van der Waals surface area contributed by atoms with Crippen LogP contribution >= 0.6 is 15.9 Å². The maximum Gasteiger partial charge on any atom is 0.222 e. The Hall–Kier alpha value is -1.07. The first-order chi connectivity index (χ1) is 9.60. The summed E-state index contributed by atoms with van der Waals surface area (Å²) in [6.45, 7) is 3.02. The van der Waals surface area contributed by atoms with Gasteiger partial charge in [-0.1, -0.05) is 6.07 Å². The van der Waals surface area contributed by atoms with E-state index in [2.05, 4.69) is 26.6 Å². The molecule has 1 aromatic rings. The molecule has 0 saturated carbocycles. The number of methoxy groups -OCH3 is 1. The number of ether oxygens (including phenoxy) is 1. The summed E-state index contributed by atoms with van der Waals surface area (Å²) in [6, 6.07) is 6.19. The van der Waals surface area contributed by atoms with E-state index in [1.807, 2.05) is 25.1 Å². The highest BCUT2D eigenvalue weighted by atomic mass is 79.9. The second-order valence-corrected chi connectivity index (χ2v) is 6.03. The molecule has 20 heavy (non-hydrogen) atoms. The van der Waals surface area contributed by atoms with Crippen LogP contribution in [0.15, 0.2) is 22.7 Å². The van der Waals surface area contributed by atoms with Gasteiger partial charge in [0.25, 0.3) is 0 Å². The molecule has 2 atom stereocenters. The van der Waals surface area contributed by atoms with Gasteiger partial charge in [0, 0.05) is 12.5 Å². The molecule has 0 aromatic heterocycles. The highest BCUT2D eigenvalue weighted by Crippen LogP contribution is 2.28. The summed E-state index contributed by atoms with van der Waals surface area (Å²) in [7, 11) is 1.64. The molecule has 0 bridgehead atoms. The van der Waals surface area contributed by atoms with E-state index in [4.69, 9.17) is 4.74 Å². The average Bonchev–Trinajstić information content (AvgIpc) is 2.91. The van der Waals surface area contributed by atoms with Crippen LogP contribution in [0.1, 0.15) is 37.8 Å². The van der Waals surface area contributed by atoms with Gasteiger partial charge in [-0.2, -0.15) is 0 Å². The van der Waals surface area contributed by atoms with Crippen molar-refractivity contribution in [3.63, 3.8) is 0 Å². The first-order valence-corrected chi connectivity index (χ1v) is 7.75. The van der Waals surface area contributed by atoms with Crippen molar-refractivity contribution in [1.29, 1.82) is 0 Å². The highest BCUT2D eigenvalue weighted by Gasteiger charge is 2.19. The van der Waals surface area contributed by atoms with Gasteiger partial charge in [-0.15, -0.1) is 0 Å². The lowest BCUT2D eigenvalue weighted by Crippen LogP contribution is -2.33. The fourth-order valence-corrected chi connectivity index (χ4v) is 3.05. The van der Waals surface area contributed by atoms with E-state index in [0.717, 1.165) is 28.8 Å². The molecule has 1 heterocycles.